The van der Waals surface area contributed by atoms with Gasteiger partial charge in [-0.3, -0.25) is 14.4 Å². The quantitative estimate of drug-likeness (QED) is 0.398. The first-order valence-electron chi connectivity index (χ1n) is 5.33. The number of carbonyl (C=O) groups is 3. The van der Waals surface area contributed by atoms with Gasteiger partial charge >= 0.3 is 11.9 Å². The van der Waals surface area contributed by atoms with Gasteiger partial charge in [0.05, 0.1) is 5.75 Å². The van der Waals surface area contributed by atoms with Crippen molar-refractivity contribution >= 4 is 27.9 Å². The van der Waals surface area contributed by atoms with Gasteiger partial charge < -0.3 is 15.5 Å². The van der Waals surface area contributed by atoms with E-state index in [0.717, 1.165) is 0 Å². The van der Waals surface area contributed by atoms with E-state index in [-0.39, 0.29) is 12.8 Å². The summed E-state index contributed by atoms with van der Waals surface area (Å²) in [6.07, 6.45) is -1.16. The van der Waals surface area contributed by atoms with Gasteiger partial charge in [0.15, 0.2) is 0 Å². The average molecular weight is 296 g/mol. The maximum Gasteiger partial charge on any atom is 0.321 e. The Balaban J connectivity index is 4.51. The fourth-order valence-electron chi connectivity index (χ4n) is 1.13. The van der Waals surface area contributed by atoms with Crippen LogP contribution in [0, 0.1) is 0 Å². The van der Waals surface area contributed by atoms with Crippen molar-refractivity contribution in [3.63, 3.8) is 0 Å². The van der Waals surface area contributed by atoms with E-state index in [4.69, 9.17) is 10.2 Å². The molecule has 1 amide bonds. The molecule has 0 bridgehead atoms. The summed E-state index contributed by atoms with van der Waals surface area (Å²) in [6.45, 7) is 0. The minimum Gasteiger partial charge on any atom is -0.481 e. The molecule has 0 fully saturated rings. The Morgan fingerprint density at radius 1 is 1.16 bits per heavy atom. The van der Waals surface area contributed by atoms with Gasteiger partial charge in [-0.15, -0.1) is 0 Å². The predicted molar refractivity (Wildman–Crippen MR) is 63.9 cm³/mol. The molecular formula is C9H16N2O7S. The predicted octanol–water partition coefficient (Wildman–Crippen LogP) is -1.64. The third-order valence-electron chi connectivity index (χ3n) is 2.14. The van der Waals surface area contributed by atoms with E-state index in [1.165, 1.54) is 7.05 Å². The summed E-state index contributed by atoms with van der Waals surface area (Å²) in [5.74, 6) is -3.76. The van der Waals surface area contributed by atoms with Crippen molar-refractivity contribution in [2.75, 3.05) is 12.8 Å². The number of sulfonamides is 1. The highest BCUT2D eigenvalue weighted by atomic mass is 32.2. The zero-order valence-electron chi connectivity index (χ0n) is 10.2. The van der Waals surface area contributed by atoms with Crippen LogP contribution in [0.1, 0.15) is 19.3 Å². The molecule has 9 nitrogen and oxygen atoms in total. The van der Waals surface area contributed by atoms with Crippen LogP contribution in [0.2, 0.25) is 0 Å². The summed E-state index contributed by atoms with van der Waals surface area (Å²) in [4.78, 5) is 32.0. The van der Waals surface area contributed by atoms with Crippen molar-refractivity contribution in [1.82, 2.24) is 10.0 Å². The third-order valence-corrected chi connectivity index (χ3v) is 3.53. The van der Waals surface area contributed by atoms with Crippen LogP contribution >= 0.6 is 0 Å². The Morgan fingerprint density at radius 3 is 2.16 bits per heavy atom. The molecule has 0 heterocycles. The molecule has 0 radical (unpaired) electrons. The van der Waals surface area contributed by atoms with Crippen molar-refractivity contribution in [3.05, 3.63) is 0 Å². The number of nitrogens with one attached hydrogen (secondary N) is 2. The van der Waals surface area contributed by atoms with Gasteiger partial charge in [-0.1, -0.05) is 0 Å². The second-order valence-electron chi connectivity index (χ2n) is 3.68. The van der Waals surface area contributed by atoms with Gasteiger partial charge in [0.25, 0.3) is 0 Å². The molecule has 0 rings (SSSR count). The second kappa shape index (κ2) is 7.69. The molecule has 0 aromatic rings. The average Bonchev–Trinajstić information content (AvgIpc) is 2.31. The number of hydrogen-bond acceptors (Lipinski definition) is 5. The zero-order chi connectivity index (χ0) is 15.1. The molecule has 0 saturated heterocycles. The van der Waals surface area contributed by atoms with E-state index < -0.39 is 46.1 Å². The standard InChI is InChI=1S/C9H16N2O7S/c1-10-7(12)4-5-19(17,18)11-6(9(15)16)2-3-8(13)14/h6,11H,2-5H2,1H3,(H,10,12)(H,13,14)(H,15,16). The lowest BCUT2D eigenvalue weighted by atomic mass is 10.2. The Morgan fingerprint density at radius 2 is 1.74 bits per heavy atom. The number of hydrogen-bond donors (Lipinski definition) is 4. The summed E-state index contributed by atoms with van der Waals surface area (Å²) in [5.41, 5.74) is 0. The van der Waals surface area contributed by atoms with Crippen LogP contribution in [0.5, 0.6) is 0 Å². The number of carboxylic acid groups (broad SMARTS) is 2. The molecule has 0 spiro atoms. The van der Waals surface area contributed by atoms with Gasteiger partial charge in [0, 0.05) is 19.9 Å². The van der Waals surface area contributed by atoms with Crippen molar-refractivity contribution in [2.45, 2.75) is 25.3 Å². The number of rotatable bonds is 9. The van der Waals surface area contributed by atoms with Gasteiger partial charge in [0.2, 0.25) is 15.9 Å². The van der Waals surface area contributed by atoms with Gasteiger partial charge in [-0.2, -0.15) is 0 Å². The topological polar surface area (TPSA) is 150 Å². The first kappa shape index (κ1) is 17.3. The molecule has 0 aliphatic heterocycles. The van der Waals surface area contributed by atoms with Crippen molar-refractivity contribution in [1.29, 1.82) is 0 Å². The molecule has 4 N–H and O–H groups in total. The molecule has 0 saturated carbocycles. The molecular weight excluding hydrogens is 280 g/mol. The van der Waals surface area contributed by atoms with Crippen LogP contribution in [0.3, 0.4) is 0 Å². The highest BCUT2D eigenvalue weighted by molar-refractivity contribution is 7.89. The normalized spacial score (nSPS) is 12.7. The third kappa shape index (κ3) is 8.11. The number of carbonyl (C=O) groups excluding carboxylic acids is 1. The van der Waals surface area contributed by atoms with Gasteiger partial charge in [-0.25, -0.2) is 13.1 Å². The van der Waals surface area contributed by atoms with Gasteiger partial charge in [0.1, 0.15) is 6.04 Å². The number of amides is 1. The molecule has 1 unspecified atom stereocenters. The molecule has 10 heteroatoms. The lowest BCUT2D eigenvalue weighted by molar-refractivity contribution is -0.140. The fourth-order valence-corrected chi connectivity index (χ4v) is 2.35. The highest BCUT2D eigenvalue weighted by Gasteiger charge is 2.24. The lowest BCUT2D eigenvalue weighted by Gasteiger charge is -2.13. The van der Waals surface area contributed by atoms with E-state index in [2.05, 4.69) is 5.32 Å². The van der Waals surface area contributed by atoms with E-state index >= 15 is 0 Å². The van der Waals surface area contributed by atoms with Gasteiger partial charge in [-0.05, 0) is 6.42 Å². The fraction of sp³-hybridized carbons (Fsp3) is 0.667. The summed E-state index contributed by atoms with van der Waals surface area (Å²) >= 11 is 0. The van der Waals surface area contributed by atoms with Crippen LogP contribution in [0.15, 0.2) is 0 Å². The summed E-state index contributed by atoms with van der Waals surface area (Å²) in [5, 5.41) is 19.4. The van der Waals surface area contributed by atoms with Crippen LogP contribution in [-0.2, 0) is 24.4 Å². The SMILES string of the molecule is CNC(=O)CCS(=O)(=O)NC(CCC(=O)O)C(=O)O. The van der Waals surface area contributed by atoms with Crippen molar-refractivity contribution in [2.24, 2.45) is 0 Å². The maximum absolute atomic E-state index is 11.5. The van der Waals surface area contributed by atoms with Crippen LogP contribution in [0.25, 0.3) is 0 Å². The molecule has 0 aliphatic carbocycles. The Labute approximate surface area is 110 Å². The van der Waals surface area contributed by atoms with E-state index in [1.54, 1.807) is 0 Å². The van der Waals surface area contributed by atoms with E-state index in [9.17, 15) is 22.8 Å². The largest absolute Gasteiger partial charge is 0.481 e. The van der Waals surface area contributed by atoms with Crippen LogP contribution < -0.4 is 10.0 Å². The minimum absolute atomic E-state index is 0.308. The van der Waals surface area contributed by atoms with Crippen molar-refractivity contribution in [3.8, 4) is 0 Å². The first-order chi connectivity index (χ1) is 8.68. The molecule has 0 aromatic heterocycles. The molecule has 0 aromatic carbocycles. The second-order valence-corrected chi connectivity index (χ2v) is 5.56. The van der Waals surface area contributed by atoms with E-state index in [0.29, 0.717) is 0 Å². The molecule has 19 heavy (non-hydrogen) atoms. The smallest absolute Gasteiger partial charge is 0.321 e. The van der Waals surface area contributed by atoms with Crippen LogP contribution in [0.4, 0.5) is 0 Å². The molecule has 110 valence electrons. The number of carboxylic acids is 2. The van der Waals surface area contributed by atoms with E-state index in [1.807, 2.05) is 4.72 Å². The molecule has 0 aliphatic rings. The Bertz CT molecular complexity index is 445. The minimum atomic E-state index is -3.96. The monoisotopic (exact) mass is 296 g/mol. The highest BCUT2D eigenvalue weighted by Crippen LogP contribution is 2.01. The first-order valence-corrected chi connectivity index (χ1v) is 6.98. The number of aliphatic carboxylic acids is 2. The zero-order valence-corrected chi connectivity index (χ0v) is 11.1. The Hall–Kier alpha value is -1.68. The summed E-state index contributed by atoms with van der Waals surface area (Å²) < 4.78 is 24.9. The van der Waals surface area contributed by atoms with Crippen LogP contribution in [-0.4, -0.2) is 55.3 Å². The summed E-state index contributed by atoms with van der Waals surface area (Å²) in [6, 6.07) is -1.52. The maximum atomic E-state index is 11.5. The Kier molecular flexibility index (Phi) is 7.01. The molecule has 1 atom stereocenters. The summed E-state index contributed by atoms with van der Waals surface area (Å²) in [7, 11) is -2.62. The lowest BCUT2D eigenvalue weighted by Crippen LogP contribution is -2.42. The van der Waals surface area contributed by atoms with Crippen molar-refractivity contribution < 1.29 is 33.0 Å².